The highest BCUT2D eigenvalue weighted by Crippen LogP contribution is 2.05. The first-order chi connectivity index (χ1) is 5.29. The number of carbonyl (C=O) groups is 1. The molecule has 58 valence electrons. The number of nitrogens with zero attached hydrogens (tertiary/aromatic N) is 1. The van der Waals surface area contributed by atoms with E-state index in [0.29, 0.717) is 12.2 Å². The number of carbonyl (C=O) groups excluding carboxylic acids is 1. The molecular weight excluding hydrogens is 138 g/mol. The minimum absolute atomic E-state index is 0.701. The van der Waals surface area contributed by atoms with Gasteiger partial charge in [-0.15, -0.1) is 6.58 Å². The van der Waals surface area contributed by atoms with E-state index in [4.69, 9.17) is 0 Å². The Kier molecular flexibility index (Phi) is 2.26. The van der Waals surface area contributed by atoms with Crippen molar-refractivity contribution in [3.63, 3.8) is 0 Å². The van der Waals surface area contributed by atoms with E-state index in [1.165, 1.54) is 0 Å². The zero-order valence-corrected chi connectivity index (χ0v) is 6.58. The Labute approximate surface area is 66.1 Å². The van der Waals surface area contributed by atoms with Gasteiger partial charge in [0, 0.05) is 12.2 Å². The van der Waals surface area contributed by atoms with E-state index in [9.17, 15) is 4.79 Å². The van der Waals surface area contributed by atoms with Crippen molar-refractivity contribution in [3.8, 4) is 0 Å². The number of rotatable bonds is 3. The molecule has 0 fully saturated rings. The summed E-state index contributed by atoms with van der Waals surface area (Å²) in [6, 6.07) is 3.74. The molecule has 0 atom stereocenters. The van der Waals surface area contributed by atoms with Crippen LogP contribution in [-0.4, -0.2) is 10.9 Å². The van der Waals surface area contributed by atoms with Crippen LogP contribution in [-0.2, 0) is 6.54 Å². The van der Waals surface area contributed by atoms with Gasteiger partial charge in [0.05, 0.1) is 5.69 Å². The molecule has 1 rings (SSSR count). The van der Waals surface area contributed by atoms with Crippen LogP contribution in [0.4, 0.5) is 0 Å². The van der Waals surface area contributed by atoms with Crippen LogP contribution in [0.5, 0.6) is 0 Å². The first-order valence-corrected chi connectivity index (χ1v) is 3.51. The molecule has 0 N–H and O–H groups in total. The third-order valence-electron chi connectivity index (χ3n) is 1.67. The summed E-state index contributed by atoms with van der Waals surface area (Å²) >= 11 is 0. The maximum atomic E-state index is 10.5. The Balaban J connectivity index is 3.06. The van der Waals surface area contributed by atoms with Crippen LogP contribution in [0.25, 0.3) is 0 Å². The number of allylic oxidation sites excluding steroid dienone is 1. The van der Waals surface area contributed by atoms with Crippen molar-refractivity contribution in [2.24, 2.45) is 0 Å². The van der Waals surface area contributed by atoms with Crippen LogP contribution in [0, 0.1) is 6.92 Å². The summed E-state index contributed by atoms with van der Waals surface area (Å²) in [6.45, 7) is 6.29. The summed E-state index contributed by atoms with van der Waals surface area (Å²) in [6.07, 6.45) is 2.64. The van der Waals surface area contributed by atoms with Gasteiger partial charge in [-0.25, -0.2) is 0 Å². The second kappa shape index (κ2) is 3.19. The molecule has 11 heavy (non-hydrogen) atoms. The lowest BCUT2D eigenvalue weighted by molar-refractivity contribution is 0.111. The fourth-order valence-corrected chi connectivity index (χ4v) is 1.07. The Bertz CT molecular complexity index is 273. The van der Waals surface area contributed by atoms with Crippen LogP contribution >= 0.6 is 0 Å². The highest BCUT2D eigenvalue weighted by molar-refractivity contribution is 5.72. The van der Waals surface area contributed by atoms with Gasteiger partial charge in [0.25, 0.3) is 0 Å². The van der Waals surface area contributed by atoms with E-state index >= 15 is 0 Å². The SMILES string of the molecule is C=CCn1c(C)ccc1C=O. The molecule has 1 aromatic heterocycles. The lowest BCUT2D eigenvalue weighted by atomic mass is 10.4. The third-order valence-corrected chi connectivity index (χ3v) is 1.67. The second-order valence-corrected chi connectivity index (χ2v) is 2.42. The zero-order chi connectivity index (χ0) is 8.27. The van der Waals surface area contributed by atoms with Crippen molar-refractivity contribution in [1.29, 1.82) is 0 Å². The summed E-state index contributed by atoms with van der Waals surface area (Å²) < 4.78 is 1.92. The third kappa shape index (κ3) is 1.40. The molecule has 2 nitrogen and oxygen atoms in total. The highest BCUT2D eigenvalue weighted by Gasteiger charge is 2.00. The monoisotopic (exact) mass is 149 g/mol. The van der Waals surface area contributed by atoms with Crippen molar-refractivity contribution >= 4 is 6.29 Å². The quantitative estimate of drug-likeness (QED) is 0.474. The topological polar surface area (TPSA) is 22.0 Å². The average Bonchev–Trinajstić information content (AvgIpc) is 2.34. The molecule has 2 heteroatoms. The number of hydrogen-bond donors (Lipinski definition) is 0. The maximum absolute atomic E-state index is 10.5. The minimum Gasteiger partial charge on any atom is -0.339 e. The fraction of sp³-hybridized carbons (Fsp3) is 0.222. The molecule has 0 amide bonds. The van der Waals surface area contributed by atoms with E-state index < -0.39 is 0 Å². The predicted molar refractivity (Wildman–Crippen MR) is 44.8 cm³/mol. The van der Waals surface area contributed by atoms with Crippen molar-refractivity contribution in [3.05, 3.63) is 36.2 Å². The van der Waals surface area contributed by atoms with Gasteiger partial charge in [0.15, 0.2) is 6.29 Å². The van der Waals surface area contributed by atoms with Gasteiger partial charge in [0.2, 0.25) is 0 Å². The smallest absolute Gasteiger partial charge is 0.166 e. The largest absolute Gasteiger partial charge is 0.339 e. The van der Waals surface area contributed by atoms with Crippen molar-refractivity contribution in [1.82, 2.24) is 4.57 Å². The van der Waals surface area contributed by atoms with E-state index in [2.05, 4.69) is 6.58 Å². The number of hydrogen-bond acceptors (Lipinski definition) is 1. The summed E-state index contributed by atoms with van der Waals surface area (Å²) in [5, 5.41) is 0. The zero-order valence-electron chi connectivity index (χ0n) is 6.58. The van der Waals surface area contributed by atoms with Gasteiger partial charge < -0.3 is 4.57 Å². The van der Waals surface area contributed by atoms with Gasteiger partial charge in [-0.1, -0.05) is 6.08 Å². The van der Waals surface area contributed by atoms with Gasteiger partial charge in [-0.3, -0.25) is 4.79 Å². The van der Waals surface area contributed by atoms with E-state index in [-0.39, 0.29) is 0 Å². The number of aromatic nitrogens is 1. The van der Waals surface area contributed by atoms with E-state index in [0.717, 1.165) is 12.0 Å². The first kappa shape index (κ1) is 7.79. The van der Waals surface area contributed by atoms with Crippen LogP contribution in [0.1, 0.15) is 16.2 Å². The Hall–Kier alpha value is -1.31. The molecule has 0 saturated carbocycles. The molecular formula is C9H11NO. The minimum atomic E-state index is 0.701. The molecule has 0 unspecified atom stereocenters. The lowest BCUT2D eigenvalue weighted by Crippen LogP contribution is -2.01. The van der Waals surface area contributed by atoms with E-state index in [1.807, 2.05) is 23.6 Å². The van der Waals surface area contributed by atoms with Gasteiger partial charge in [0.1, 0.15) is 0 Å². The molecule has 0 radical (unpaired) electrons. The highest BCUT2D eigenvalue weighted by atomic mass is 16.1. The molecule has 0 bridgehead atoms. The molecule has 1 heterocycles. The molecule has 0 saturated heterocycles. The summed E-state index contributed by atoms with van der Waals surface area (Å²) in [5.41, 5.74) is 1.80. The maximum Gasteiger partial charge on any atom is 0.166 e. The molecule has 1 aromatic rings. The van der Waals surface area contributed by atoms with Crippen LogP contribution in [0.3, 0.4) is 0 Å². The van der Waals surface area contributed by atoms with Crippen LogP contribution in [0.2, 0.25) is 0 Å². The standard InChI is InChI=1S/C9H11NO/c1-3-6-10-8(2)4-5-9(10)7-11/h3-5,7H,1,6H2,2H3. The van der Waals surface area contributed by atoms with Crippen molar-refractivity contribution in [2.75, 3.05) is 0 Å². The molecule has 0 spiro atoms. The first-order valence-electron chi connectivity index (χ1n) is 3.51. The summed E-state index contributed by atoms with van der Waals surface area (Å²) in [4.78, 5) is 10.5. The normalized spacial score (nSPS) is 9.55. The van der Waals surface area contributed by atoms with Crippen LogP contribution < -0.4 is 0 Å². The molecule has 0 aliphatic rings. The lowest BCUT2D eigenvalue weighted by Gasteiger charge is -2.02. The van der Waals surface area contributed by atoms with Crippen LogP contribution in [0.15, 0.2) is 24.8 Å². The fourth-order valence-electron chi connectivity index (χ4n) is 1.07. The summed E-state index contributed by atoms with van der Waals surface area (Å²) in [7, 11) is 0. The number of aldehydes is 1. The predicted octanol–water partition coefficient (Wildman–Crippen LogP) is 1.80. The summed E-state index contributed by atoms with van der Waals surface area (Å²) in [5.74, 6) is 0. The Morgan fingerprint density at radius 2 is 2.36 bits per heavy atom. The van der Waals surface area contributed by atoms with Gasteiger partial charge >= 0.3 is 0 Å². The second-order valence-electron chi connectivity index (χ2n) is 2.42. The Morgan fingerprint density at radius 3 is 2.91 bits per heavy atom. The molecule has 0 aliphatic carbocycles. The molecule has 0 aromatic carbocycles. The van der Waals surface area contributed by atoms with Gasteiger partial charge in [-0.05, 0) is 19.1 Å². The average molecular weight is 149 g/mol. The Morgan fingerprint density at radius 1 is 1.64 bits per heavy atom. The van der Waals surface area contributed by atoms with Crippen molar-refractivity contribution in [2.45, 2.75) is 13.5 Å². The van der Waals surface area contributed by atoms with Crippen molar-refractivity contribution < 1.29 is 4.79 Å². The number of aryl methyl sites for hydroxylation is 1. The van der Waals surface area contributed by atoms with Gasteiger partial charge in [-0.2, -0.15) is 0 Å². The molecule has 0 aliphatic heterocycles. The van der Waals surface area contributed by atoms with E-state index in [1.54, 1.807) is 6.08 Å².